The SMILES string of the molecule is CCOC(=O)C1(c2ccc(-c3ccccc3-c3sc(Cl)cc3NC(=O)OC(C)c3cc(F)ccc3F)cc2)CC1. The number of anilines is 1. The lowest BCUT2D eigenvalue weighted by Gasteiger charge is -2.16. The van der Waals surface area contributed by atoms with Gasteiger partial charge in [-0.25, -0.2) is 13.6 Å². The summed E-state index contributed by atoms with van der Waals surface area (Å²) in [6.07, 6.45) is -0.318. The van der Waals surface area contributed by atoms with E-state index in [0.717, 1.165) is 53.3 Å². The van der Waals surface area contributed by atoms with Crippen LogP contribution in [0.15, 0.2) is 72.8 Å². The molecular weight excluding hydrogens is 556 g/mol. The number of carbonyl (C=O) groups excluding carboxylic acids is 2. The van der Waals surface area contributed by atoms with Gasteiger partial charge in [0.15, 0.2) is 0 Å². The fraction of sp³-hybridized carbons (Fsp3) is 0.226. The second kappa shape index (κ2) is 11.4. The first-order valence-electron chi connectivity index (χ1n) is 12.8. The Labute approximate surface area is 239 Å². The molecule has 40 heavy (non-hydrogen) atoms. The summed E-state index contributed by atoms with van der Waals surface area (Å²) in [6.45, 7) is 3.62. The Balaban J connectivity index is 1.39. The molecule has 1 N–H and O–H groups in total. The van der Waals surface area contributed by atoms with E-state index in [9.17, 15) is 18.4 Å². The minimum atomic E-state index is -1.02. The standard InChI is InChI=1S/C31H26ClF2NO4S/c1-3-38-29(36)31(14-15-31)20-10-8-19(9-11-20)22-6-4-5-7-23(22)28-26(17-27(32)40-28)35-30(37)39-18(2)24-16-21(33)12-13-25(24)34/h4-13,16-18H,3,14-15H2,1-2H3,(H,35,37). The molecule has 1 aliphatic rings. The Kier molecular flexibility index (Phi) is 7.92. The lowest BCUT2D eigenvalue weighted by Crippen LogP contribution is -2.23. The molecule has 0 radical (unpaired) electrons. The molecule has 5 nitrogen and oxygen atoms in total. The fourth-order valence-corrected chi connectivity index (χ4v) is 5.97. The molecule has 1 amide bonds. The number of thiophene rings is 1. The Hall–Kier alpha value is -3.75. The van der Waals surface area contributed by atoms with Crippen molar-refractivity contribution in [2.45, 2.75) is 38.2 Å². The predicted molar refractivity (Wildman–Crippen MR) is 153 cm³/mol. The van der Waals surface area contributed by atoms with Crippen molar-refractivity contribution in [3.8, 4) is 21.6 Å². The zero-order valence-electron chi connectivity index (χ0n) is 21.8. The van der Waals surface area contributed by atoms with E-state index >= 15 is 0 Å². The molecule has 9 heteroatoms. The van der Waals surface area contributed by atoms with Gasteiger partial charge in [-0.3, -0.25) is 10.1 Å². The highest BCUT2D eigenvalue weighted by molar-refractivity contribution is 7.20. The minimum absolute atomic E-state index is 0.0662. The second-order valence-electron chi connectivity index (χ2n) is 9.56. The topological polar surface area (TPSA) is 64.6 Å². The van der Waals surface area contributed by atoms with Crippen LogP contribution >= 0.6 is 22.9 Å². The molecule has 3 aromatic carbocycles. The van der Waals surface area contributed by atoms with Crippen molar-refractivity contribution < 1.29 is 27.8 Å². The highest BCUT2D eigenvalue weighted by Crippen LogP contribution is 2.50. The van der Waals surface area contributed by atoms with Crippen LogP contribution in [0.4, 0.5) is 19.3 Å². The maximum Gasteiger partial charge on any atom is 0.412 e. The van der Waals surface area contributed by atoms with E-state index in [2.05, 4.69) is 5.32 Å². The van der Waals surface area contributed by atoms with Crippen LogP contribution in [0.25, 0.3) is 21.6 Å². The summed E-state index contributed by atoms with van der Waals surface area (Å²) >= 11 is 7.65. The summed E-state index contributed by atoms with van der Waals surface area (Å²) in [5.41, 5.74) is 3.39. The summed E-state index contributed by atoms with van der Waals surface area (Å²) in [6, 6.07) is 20.2. The number of carbonyl (C=O) groups is 2. The first-order chi connectivity index (χ1) is 19.2. The fourth-order valence-electron chi connectivity index (χ4n) is 4.75. The maximum absolute atomic E-state index is 14.1. The molecule has 1 atom stereocenters. The van der Waals surface area contributed by atoms with Gasteiger partial charge in [0.25, 0.3) is 0 Å². The summed E-state index contributed by atoms with van der Waals surface area (Å²) < 4.78 is 38.8. The van der Waals surface area contributed by atoms with Crippen LogP contribution in [0, 0.1) is 11.6 Å². The van der Waals surface area contributed by atoms with Crippen LogP contribution in [0.3, 0.4) is 0 Å². The smallest absolute Gasteiger partial charge is 0.412 e. The van der Waals surface area contributed by atoms with Crippen LogP contribution in [0.5, 0.6) is 0 Å². The van der Waals surface area contributed by atoms with Gasteiger partial charge in [-0.15, -0.1) is 11.3 Å². The zero-order valence-corrected chi connectivity index (χ0v) is 23.4. The molecule has 0 aliphatic heterocycles. The normalized spacial score (nSPS) is 14.3. The van der Waals surface area contributed by atoms with Gasteiger partial charge in [-0.1, -0.05) is 60.1 Å². The number of benzene rings is 3. The summed E-state index contributed by atoms with van der Waals surface area (Å²) in [7, 11) is 0. The number of nitrogens with one attached hydrogen (secondary N) is 1. The second-order valence-corrected chi connectivity index (χ2v) is 11.2. The molecule has 1 aromatic heterocycles. The molecule has 1 aliphatic carbocycles. The van der Waals surface area contributed by atoms with E-state index in [0.29, 0.717) is 21.5 Å². The molecule has 0 saturated heterocycles. The molecule has 5 rings (SSSR count). The highest BCUT2D eigenvalue weighted by Gasteiger charge is 2.52. The first-order valence-corrected chi connectivity index (χ1v) is 14.0. The van der Waals surface area contributed by atoms with Crippen molar-refractivity contribution in [3.63, 3.8) is 0 Å². The molecule has 1 unspecified atom stereocenters. The third-order valence-corrected chi connectivity index (χ3v) is 8.25. The highest BCUT2D eigenvalue weighted by atomic mass is 35.5. The average Bonchev–Trinajstić information content (AvgIpc) is 3.68. The number of rotatable bonds is 8. The van der Waals surface area contributed by atoms with Crippen molar-refractivity contribution in [2.24, 2.45) is 0 Å². The molecule has 4 aromatic rings. The summed E-state index contributed by atoms with van der Waals surface area (Å²) in [4.78, 5) is 26.0. The van der Waals surface area contributed by atoms with Crippen molar-refractivity contribution in [1.82, 2.24) is 0 Å². The Morgan fingerprint density at radius 3 is 2.40 bits per heavy atom. The number of ether oxygens (including phenoxy) is 2. The Bertz CT molecular complexity index is 1570. The van der Waals surface area contributed by atoms with E-state index in [4.69, 9.17) is 21.1 Å². The number of hydrogen-bond donors (Lipinski definition) is 1. The Morgan fingerprint density at radius 1 is 1.02 bits per heavy atom. The molecule has 1 saturated carbocycles. The predicted octanol–water partition coefficient (Wildman–Crippen LogP) is 8.92. The van der Waals surface area contributed by atoms with Crippen LogP contribution in [0.2, 0.25) is 4.34 Å². The number of halogens is 3. The van der Waals surface area contributed by atoms with Gasteiger partial charge < -0.3 is 9.47 Å². The van der Waals surface area contributed by atoms with Gasteiger partial charge in [0.1, 0.15) is 17.7 Å². The van der Waals surface area contributed by atoms with Gasteiger partial charge in [0, 0.05) is 11.1 Å². The Morgan fingerprint density at radius 2 is 1.73 bits per heavy atom. The minimum Gasteiger partial charge on any atom is -0.465 e. The van der Waals surface area contributed by atoms with Crippen molar-refractivity contribution >= 4 is 40.7 Å². The largest absolute Gasteiger partial charge is 0.465 e. The molecule has 206 valence electrons. The molecule has 1 fully saturated rings. The number of amides is 1. The first kappa shape index (κ1) is 27.8. The quantitative estimate of drug-likeness (QED) is 0.211. The van der Waals surface area contributed by atoms with Crippen molar-refractivity contribution in [2.75, 3.05) is 11.9 Å². The van der Waals surface area contributed by atoms with Gasteiger partial charge in [0.2, 0.25) is 0 Å². The summed E-state index contributed by atoms with van der Waals surface area (Å²) in [5.74, 6) is -1.48. The lowest BCUT2D eigenvalue weighted by atomic mass is 9.92. The third kappa shape index (κ3) is 5.60. The maximum atomic E-state index is 14.1. The van der Waals surface area contributed by atoms with E-state index in [1.165, 1.54) is 18.3 Å². The molecule has 0 spiro atoms. The van der Waals surface area contributed by atoms with Crippen molar-refractivity contribution in [3.05, 3.63) is 99.9 Å². The number of esters is 1. The van der Waals surface area contributed by atoms with Gasteiger partial charge in [-0.2, -0.15) is 0 Å². The molecule has 1 heterocycles. The lowest BCUT2D eigenvalue weighted by molar-refractivity contribution is -0.146. The van der Waals surface area contributed by atoms with Crippen LogP contribution in [0.1, 0.15) is 43.9 Å². The van der Waals surface area contributed by atoms with Gasteiger partial charge >= 0.3 is 12.1 Å². The van der Waals surface area contributed by atoms with Crippen LogP contribution < -0.4 is 5.32 Å². The average molecular weight is 582 g/mol. The number of hydrogen-bond acceptors (Lipinski definition) is 5. The van der Waals surface area contributed by atoms with Gasteiger partial charge in [0.05, 0.1) is 26.9 Å². The monoisotopic (exact) mass is 581 g/mol. The van der Waals surface area contributed by atoms with Gasteiger partial charge in [-0.05, 0) is 67.6 Å². The molecular formula is C31H26ClF2NO4S. The third-order valence-electron chi connectivity index (χ3n) is 6.95. The van der Waals surface area contributed by atoms with E-state index in [1.54, 1.807) is 13.0 Å². The van der Waals surface area contributed by atoms with E-state index < -0.39 is 29.2 Å². The van der Waals surface area contributed by atoms with Crippen molar-refractivity contribution in [1.29, 1.82) is 0 Å². The van der Waals surface area contributed by atoms with Crippen LogP contribution in [-0.4, -0.2) is 18.7 Å². The molecule has 0 bridgehead atoms. The van der Waals surface area contributed by atoms with E-state index in [1.807, 2.05) is 48.5 Å². The van der Waals surface area contributed by atoms with Crippen LogP contribution in [-0.2, 0) is 19.7 Å². The summed E-state index contributed by atoms with van der Waals surface area (Å²) in [5, 5.41) is 2.70. The zero-order chi connectivity index (χ0) is 28.4. The van der Waals surface area contributed by atoms with E-state index in [-0.39, 0.29) is 11.5 Å².